The molecule has 3 aromatic rings. The fraction of sp³-hybridized carbons (Fsp3) is 0.263. The molecule has 9 nitrogen and oxygen atoms in total. The Hall–Kier alpha value is -3.11. The molecule has 1 amide bonds. The molecule has 0 saturated carbocycles. The zero-order valence-electron chi connectivity index (χ0n) is 15.8. The number of tetrazole rings is 1. The summed E-state index contributed by atoms with van der Waals surface area (Å²) in [4.78, 5) is 12.8. The van der Waals surface area contributed by atoms with E-state index in [1.165, 1.54) is 21.1 Å². The Bertz CT molecular complexity index is 1150. The van der Waals surface area contributed by atoms with Crippen molar-refractivity contribution in [3.05, 3.63) is 54.1 Å². The van der Waals surface area contributed by atoms with Crippen LogP contribution in [0.25, 0.3) is 11.4 Å². The van der Waals surface area contributed by atoms with E-state index in [0.717, 1.165) is 18.4 Å². The van der Waals surface area contributed by atoms with Crippen LogP contribution < -0.4 is 5.32 Å². The summed E-state index contributed by atoms with van der Waals surface area (Å²) in [5.74, 6) is 0.177. The van der Waals surface area contributed by atoms with E-state index in [1.807, 2.05) is 6.07 Å². The predicted molar refractivity (Wildman–Crippen MR) is 107 cm³/mol. The van der Waals surface area contributed by atoms with Crippen LogP contribution in [0.1, 0.15) is 23.2 Å². The summed E-state index contributed by atoms with van der Waals surface area (Å²) in [6.07, 6.45) is 1.72. The lowest BCUT2D eigenvalue weighted by Gasteiger charge is -2.16. The fourth-order valence-corrected chi connectivity index (χ4v) is 4.85. The van der Waals surface area contributed by atoms with Crippen molar-refractivity contribution in [3.63, 3.8) is 0 Å². The Morgan fingerprint density at radius 3 is 2.55 bits per heavy atom. The molecule has 0 unspecified atom stereocenters. The number of nitrogens with zero attached hydrogens (tertiary/aromatic N) is 5. The Balaban J connectivity index is 1.56. The average Bonchev–Trinajstić information content (AvgIpc) is 3.40. The molecule has 0 bridgehead atoms. The first-order valence-electron chi connectivity index (χ1n) is 9.19. The predicted octanol–water partition coefficient (Wildman–Crippen LogP) is 1.91. The van der Waals surface area contributed by atoms with E-state index in [4.69, 9.17) is 0 Å². The number of hydrogen-bond acceptors (Lipinski definition) is 6. The first-order chi connectivity index (χ1) is 13.9. The zero-order chi connectivity index (χ0) is 20.4. The van der Waals surface area contributed by atoms with Crippen LogP contribution in [0.3, 0.4) is 0 Å². The highest BCUT2D eigenvalue weighted by Gasteiger charge is 2.27. The SMILES string of the molecule is Cn1nnnc1-c1cccc(NC(=O)c2cccc(S(=O)(=O)N3CCCC3)c2)c1. The topological polar surface area (TPSA) is 110 Å². The van der Waals surface area contributed by atoms with Crippen LogP contribution in [0.5, 0.6) is 0 Å². The summed E-state index contributed by atoms with van der Waals surface area (Å²) in [6.45, 7) is 1.03. The van der Waals surface area contributed by atoms with Gasteiger partial charge in [0, 0.05) is 37.0 Å². The Kier molecular flexibility index (Phi) is 5.12. The summed E-state index contributed by atoms with van der Waals surface area (Å²) in [7, 11) is -1.85. The number of aromatic nitrogens is 4. The number of anilines is 1. The highest BCUT2D eigenvalue weighted by molar-refractivity contribution is 7.89. The van der Waals surface area contributed by atoms with Crippen molar-refractivity contribution in [2.75, 3.05) is 18.4 Å². The number of carbonyl (C=O) groups is 1. The normalized spacial score (nSPS) is 14.8. The number of carbonyl (C=O) groups excluding carboxylic acids is 1. The molecule has 0 radical (unpaired) electrons. The van der Waals surface area contributed by atoms with Crippen molar-refractivity contribution in [3.8, 4) is 11.4 Å². The van der Waals surface area contributed by atoms with Crippen molar-refractivity contribution in [2.45, 2.75) is 17.7 Å². The van der Waals surface area contributed by atoms with E-state index in [2.05, 4.69) is 20.8 Å². The average molecular weight is 412 g/mol. The van der Waals surface area contributed by atoms with Gasteiger partial charge in [0.15, 0.2) is 5.82 Å². The number of benzene rings is 2. The van der Waals surface area contributed by atoms with E-state index in [9.17, 15) is 13.2 Å². The second-order valence-electron chi connectivity index (χ2n) is 6.80. The lowest BCUT2D eigenvalue weighted by atomic mass is 10.1. The number of hydrogen-bond donors (Lipinski definition) is 1. The number of nitrogens with one attached hydrogen (secondary N) is 1. The molecule has 0 spiro atoms. The van der Waals surface area contributed by atoms with Gasteiger partial charge >= 0.3 is 0 Å². The monoisotopic (exact) mass is 412 g/mol. The molecule has 2 aromatic carbocycles. The molecule has 1 aliphatic rings. The highest BCUT2D eigenvalue weighted by atomic mass is 32.2. The molecule has 0 atom stereocenters. The smallest absolute Gasteiger partial charge is 0.255 e. The molecule has 150 valence electrons. The van der Waals surface area contributed by atoms with Gasteiger partial charge in [-0.1, -0.05) is 18.2 Å². The van der Waals surface area contributed by atoms with Crippen LogP contribution in [-0.4, -0.2) is 51.9 Å². The molecule has 0 aliphatic carbocycles. The van der Waals surface area contributed by atoms with Crippen molar-refractivity contribution in [2.24, 2.45) is 7.05 Å². The molecule has 29 heavy (non-hydrogen) atoms. The number of sulfonamides is 1. The van der Waals surface area contributed by atoms with Crippen LogP contribution in [0.2, 0.25) is 0 Å². The van der Waals surface area contributed by atoms with Gasteiger partial charge in [0.05, 0.1) is 4.90 Å². The molecular formula is C19H20N6O3S. The third kappa shape index (κ3) is 3.89. The van der Waals surface area contributed by atoms with Gasteiger partial charge in [-0.25, -0.2) is 13.1 Å². The van der Waals surface area contributed by atoms with E-state index in [0.29, 0.717) is 24.6 Å². The zero-order valence-corrected chi connectivity index (χ0v) is 16.6. The maximum Gasteiger partial charge on any atom is 0.255 e. The van der Waals surface area contributed by atoms with Gasteiger partial charge in [-0.05, 0) is 53.6 Å². The fourth-order valence-electron chi connectivity index (χ4n) is 3.29. The lowest BCUT2D eigenvalue weighted by Crippen LogP contribution is -2.28. The third-order valence-electron chi connectivity index (χ3n) is 4.80. The summed E-state index contributed by atoms with van der Waals surface area (Å²) < 4.78 is 28.5. The van der Waals surface area contributed by atoms with Gasteiger partial charge in [-0.3, -0.25) is 4.79 Å². The van der Waals surface area contributed by atoms with Crippen molar-refractivity contribution in [1.29, 1.82) is 0 Å². The first kappa shape index (κ1) is 19.2. The number of aryl methyl sites for hydroxylation is 1. The summed E-state index contributed by atoms with van der Waals surface area (Å²) in [6, 6.07) is 13.2. The van der Waals surface area contributed by atoms with E-state index < -0.39 is 15.9 Å². The molecular weight excluding hydrogens is 392 g/mol. The Morgan fingerprint density at radius 1 is 1.07 bits per heavy atom. The minimum atomic E-state index is -3.58. The molecule has 1 aromatic heterocycles. The van der Waals surface area contributed by atoms with Gasteiger partial charge in [0.2, 0.25) is 10.0 Å². The minimum Gasteiger partial charge on any atom is -0.322 e. The van der Waals surface area contributed by atoms with Crippen LogP contribution >= 0.6 is 0 Å². The molecule has 4 rings (SSSR count). The minimum absolute atomic E-state index is 0.131. The Morgan fingerprint density at radius 2 is 1.83 bits per heavy atom. The van der Waals surface area contributed by atoms with Crippen LogP contribution in [0, 0.1) is 0 Å². The molecule has 1 aliphatic heterocycles. The lowest BCUT2D eigenvalue weighted by molar-refractivity contribution is 0.102. The summed E-state index contributed by atoms with van der Waals surface area (Å²) in [5.41, 5.74) is 1.58. The maximum absolute atomic E-state index is 12.7. The largest absolute Gasteiger partial charge is 0.322 e. The van der Waals surface area contributed by atoms with Crippen molar-refractivity contribution >= 4 is 21.6 Å². The van der Waals surface area contributed by atoms with E-state index in [1.54, 1.807) is 37.4 Å². The maximum atomic E-state index is 12.7. The number of amides is 1. The molecule has 1 N–H and O–H groups in total. The second kappa shape index (κ2) is 7.72. The van der Waals surface area contributed by atoms with Gasteiger partial charge in [0.1, 0.15) is 0 Å². The standard InChI is InChI=1S/C19H20N6O3S/c1-24-18(21-22-23-24)14-6-4-8-16(12-14)20-19(26)15-7-5-9-17(13-15)29(27,28)25-10-2-3-11-25/h4-9,12-13H,2-3,10-11H2,1H3,(H,20,26). The molecule has 2 heterocycles. The number of rotatable bonds is 5. The van der Waals surface area contributed by atoms with Crippen LogP contribution in [0.4, 0.5) is 5.69 Å². The van der Waals surface area contributed by atoms with E-state index in [-0.39, 0.29) is 10.5 Å². The van der Waals surface area contributed by atoms with Crippen molar-refractivity contribution in [1.82, 2.24) is 24.5 Å². The van der Waals surface area contributed by atoms with Crippen molar-refractivity contribution < 1.29 is 13.2 Å². The first-order valence-corrected chi connectivity index (χ1v) is 10.6. The molecule has 1 saturated heterocycles. The van der Waals surface area contributed by atoms with E-state index >= 15 is 0 Å². The highest BCUT2D eigenvalue weighted by Crippen LogP contribution is 2.23. The Labute approximate surface area is 168 Å². The third-order valence-corrected chi connectivity index (χ3v) is 6.69. The van der Waals surface area contributed by atoms with Crippen LogP contribution in [0.15, 0.2) is 53.4 Å². The summed E-state index contributed by atoms with van der Waals surface area (Å²) in [5, 5.41) is 14.2. The van der Waals surface area contributed by atoms with Gasteiger partial charge in [-0.15, -0.1) is 5.10 Å². The van der Waals surface area contributed by atoms with Gasteiger partial charge in [-0.2, -0.15) is 4.31 Å². The van der Waals surface area contributed by atoms with Crippen LogP contribution in [-0.2, 0) is 17.1 Å². The van der Waals surface area contributed by atoms with Gasteiger partial charge < -0.3 is 5.32 Å². The molecule has 1 fully saturated rings. The van der Waals surface area contributed by atoms with Gasteiger partial charge in [0.25, 0.3) is 5.91 Å². The quantitative estimate of drug-likeness (QED) is 0.685. The summed E-state index contributed by atoms with van der Waals surface area (Å²) >= 11 is 0. The molecule has 10 heteroatoms. The second-order valence-corrected chi connectivity index (χ2v) is 8.74.